The van der Waals surface area contributed by atoms with Gasteiger partial charge in [-0.3, -0.25) is 4.99 Å². The molecule has 20 heavy (non-hydrogen) atoms. The highest BCUT2D eigenvalue weighted by Crippen LogP contribution is 2.26. The van der Waals surface area contributed by atoms with Gasteiger partial charge in [0.15, 0.2) is 5.96 Å². The van der Waals surface area contributed by atoms with Crippen molar-refractivity contribution in [3.8, 4) is 0 Å². The van der Waals surface area contributed by atoms with Gasteiger partial charge in [0, 0.05) is 30.8 Å². The van der Waals surface area contributed by atoms with Gasteiger partial charge in [0.2, 0.25) is 0 Å². The fourth-order valence-corrected chi connectivity index (χ4v) is 4.00. The number of aliphatic hydroxyl groups excluding tert-OH is 1. The molecule has 0 radical (unpaired) electrons. The number of aliphatic imine (C=N–C) groups is 1. The van der Waals surface area contributed by atoms with Crippen LogP contribution in [0.4, 0.5) is 0 Å². The average Bonchev–Trinajstić information content (AvgIpc) is 3.04. The standard InChI is InChI=1S/C14H27N3OS.HI/c1-2-15-14(17-10-12-6-4-8-19-12)16-9-11-5-3-7-13(11)18;/h11-13,18H,2-10H2,1H3,(H2,15,16,17);1H. The maximum atomic E-state index is 9.82. The van der Waals surface area contributed by atoms with Crippen LogP contribution >= 0.6 is 35.7 Å². The first-order valence-corrected chi connectivity index (χ1v) is 8.66. The highest BCUT2D eigenvalue weighted by atomic mass is 127. The van der Waals surface area contributed by atoms with Crippen LogP contribution in [0.3, 0.4) is 0 Å². The van der Waals surface area contributed by atoms with Crippen molar-refractivity contribution >= 4 is 41.7 Å². The van der Waals surface area contributed by atoms with E-state index in [-0.39, 0.29) is 30.1 Å². The van der Waals surface area contributed by atoms with E-state index in [9.17, 15) is 5.11 Å². The van der Waals surface area contributed by atoms with Crippen molar-refractivity contribution in [2.45, 2.75) is 50.4 Å². The predicted octanol–water partition coefficient (Wildman–Crippen LogP) is 2.22. The van der Waals surface area contributed by atoms with Gasteiger partial charge in [0.05, 0.1) is 6.10 Å². The Labute approximate surface area is 144 Å². The molecule has 4 nitrogen and oxygen atoms in total. The summed E-state index contributed by atoms with van der Waals surface area (Å²) < 4.78 is 0. The predicted molar refractivity (Wildman–Crippen MR) is 98.2 cm³/mol. The minimum atomic E-state index is -0.142. The lowest BCUT2D eigenvalue weighted by atomic mass is 10.1. The molecule has 6 heteroatoms. The Bertz CT molecular complexity index is 298. The van der Waals surface area contributed by atoms with Crippen LogP contribution in [0.15, 0.2) is 4.99 Å². The quantitative estimate of drug-likeness (QED) is 0.368. The molecule has 0 amide bonds. The lowest BCUT2D eigenvalue weighted by molar-refractivity contribution is 0.136. The van der Waals surface area contributed by atoms with Crippen molar-refractivity contribution in [3.05, 3.63) is 0 Å². The summed E-state index contributed by atoms with van der Waals surface area (Å²) in [5.74, 6) is 2.57. The first kappa shape index (κ1) is 18.4. The molecule has 2 fully saturated rings. The third kappa shape index (κ3) is 5.97. The normalized spacial score (nSPS) is 30.1. The molecular formula is C14H28IN3OS. The van der Waals surface area contributed by atoms with Crippen LogP contribution in [0.1, 0.15) is 39.0 Å². The van der Waals surface area contributed by atoms with Gasteiger partial charge in [-0.1, -0.05) is 6.42 Å². The Kier molecular flexibility index (Phi) is 9.28. The van der Waals surface area contributed by atoms with Gasteiger partial charge >= 0.3 is 0 Å². The van der Waals surface area contributed by atoms with Gasteiger partial charge in [-0.05, 0) is 38.4 Å². The Hall–Kier alpha value is 0.310. The summed E-state index contributed by atoms with van der Waals surface area (Å²) in [6.07, 6.45) is 5.73. The van der Waals surface area contributed by atoms with Crippen LogP contribution in [-0.4, -0.2) is 47.8 Å². The zero-order valence-electron chi connectivity index (χ0n) is 12.3. The Morgan fingerprint density at radius 2 is 2.10 bits per heavy atom. The average molecular weight is 413 g/mol. The van der Waals surface area contributed by atoms with Crippen molar-refractivity contribution in [2.75, 3.05) is 25.4 Å². The van der Waals surface area contributed by atoms with Gasteiger partial charge < -0.3 is 15.7 Å². The topological polar surface area (TPSA) is 56.7 Å². The monoisotopic (exact) mass is 413 g/mol. The molecule has 0 aromatic carbocycles. The van der Waals surface area contributed by atoms with Crippen LogP contribution in [-0.2, 0) is 0 Å². The molecule has 3 N–H and O–H groups in total. The molecule has 1 saturated heterocycles. The third-order valence-electron chi connectivity index (χ3n) is 3.97. The number of nitrogens with zero attached hydrogens (tertiary/aromatic N) is 1. The van der Waals surface area contributed by atoms with Gasteiger partial charge in [0.25, 0.3) is 0 Å². The van der Waals surface area contributed by atoms with E-state index in [0.717, 1.165) is 50.1 Å². The van der Waals surface area contributed by atoms with Gasteiger partial charge in [0.1, 0.15) is 0 Å². The van der Waals surface area contributed by atoms with E-state index in [0.29, 0.717) is 5.92 Å². The molecule has 0 bridgehead atoms. The van der Waals surface area contributed by atoms with Crippen LogP contribution in [0.5, 0.6) is 0 Å². The van der Waals surface area contributed by atoms with Crippen molar-refractivity contribution < 1.29 is 5.11 Å². The smallest absolute Gasteiger partial charge is 0.191 e. The van der Waals surface area contributed by atoms with Crippen LogP contribution in [0.2, 0.25) is 0 Å². The molecule has 0 aromatic rings. The summed E-state index contributed by atoms with van der Waals surface area (Å²) in [5, 5.41) is 17.3. The number of guanidine groups is 1. The first-order valence-electron chi connectivity index (χ1n) is 7.61. The van der Waals surface area contributed by atoms with Crippen LogP contribution in [0, 0.1) is 5.92 Å². The van der Waals surface area contributed by atoms with E-state index in [1.54, 1.807) is 0 Å². The first-order chi connectivity index (χ1) is 9.29. The second-order valence-corrected chi connectivity index (χ2v) is 6.90. The highest BCUT2D eigenvalue weighted by molar-refractivity contribution is 14.0. The number of aliphatic hydroxyl groups is 1. The Morgan fingerprint density at radius 1 is 1.25 bits per heavy atom. The number of halogens is 1. The van der Waals surface area contributed by atoms with Crippen LogP contribution in [0.25, 0.3) is 0 Å². The maximum Gasteiger partial charge on any atom is 0.191 e. The van der Waals surface area contributed by atoms with Crippen LogP contribution < -0.4 is 10.6 Å². The molecule has 0 spiro atoms. The summed E-state index contributed by atoms with van der Waals surface area (Å²) in [6.45, 7) is 4.72. The maximum absolute atomic E-state index is 9.82. The van der Waals surface area contributed by atoms with Crippen molar-refractivity contribution in [1.82, 2.24) is 10.6 Å². The highest BCUT2D eigenvalue weighted by Gasteiger charge is 2.24. The van der Waals surface area contributed by atoms with E-state index < -0.39 is 0 Å². The fraction of sp³-hybridized carbons (Fsp3) is 0.929. The van der Waals surface area contributed by atoms with Crippen molar-refractivity contribution in [2.24, 2.45) is 10.9 Å². The van der Waals surface area contributed by atoms with E-state index in [4.69, 9.17) is 0 Å². The van der Waals surface area contributed by atoms with Gasteiger partial charge in [-0.15, -0.1) is 24.0 Å². The van der Waals surface area contributed by atoms with Gasteiger partial charge in [-0.2, -0.15) is 11.8 Å². The SMILES string of the molecule is CCNC(=NCC1CCCC1O)NCC1CCCS1.I. The summed E-state index contributed by atoms with van der Waals surface area (Å²) in [6, 6.07) is 0. The molecule has 3 atom stereocenters. The number of nitrogens with one attached hydrogen (secondary N) is 2. The third-order valence-corrected chi connectivity index (χ3v) is 5.37. The summed E-state index contributed by atoms with van der Waals surface area (Å²) in [7, 11) is 0. The molecule has 1 aliphatic heterocycles. The molecular weight excluding hydrogens is 385 g/mol. The molecule has 1 heterocycles. The lowest BCUT2D eigenvalue weighted by Crippen LogP contribution is -2.40. The fourth-order valence-electron chi connectivity index (χ4n) is 2.80. The summed E-state index contributed by atoms with van der Waals surface area (Å²) >= 11 is 2.06. The molecule has 1 aliphatic carbocycles. The van der Waals surface area contributed by atoms with E-state index >= 15 is 0 Å². The molecule has 2 aliphatic rings. The summed E-state index contributed by atoms with van der Waals surface area (Å²) in [5.41, 5.74) is 0. The molecule has 118 valence electrons. The van der Waals surface area contributed by atoms with E-state index in [1.165, 1.54) is 18.6 Å². The number of hydrogen-bond donors (Lipinski definition) is 3. The largest absolute Gasteiger partial charge is 0.393 e. The molecule has 3 unspecified atom stereocenters. The van der Waals surface area contributed by atoms with E-state index in [1.807, 2.05) is 0 Å². The zero-order chi connectivity index (χ0) is 13.5. The molecule has 2 rings (SSSR count). The second-order valence-electron chi connectivity index (χ2n) is 5.49. The zero-order valence-corrected chi connectivity index (χ0v) is 15.5. The van der Waals surface area contributed by atoms with E-state index in [2.05, 4.69) is 34.3 Å². The van der Waals surface area contributed by atoms with Crippen molar-refractivity contribution in [1.29, 1.82) is 0 Å². The Balaban J connectivity index is 0.00000200. The minimum absolute atomic E-state index is 0. The molecule has 1 saturated carbocycles. The van der Waals surface area contributed by atoms with Gasteiger partial charge in [-0.25, -0.2) is 0 Å². The lowest BCUT2D eigenvalue weighted by Gasteiger charge is -2.16. The number of thioether (sulfide) groups is 1. The minimum Gasteiger partial charge on any atom is -0.393 e. The molecule has 0 aromatic heterocycles. The van der Waals surface area contributed by atoms with Crippen molar-refractivity contribution in [3.63, 3.8) is 0 Å². The second kappa shape index (κ2) is 10.1. The summed E-state index contributed by atoms with van der Waals surface area (Å²) in [4.78, 5) is 4.63. The Morgan fingerprint density at radius 3 is 2.70 bits per heavy atom. The number of rotatable bonds is 5. The number of hydrogen-bond acceptors (Lipinski definition) is 3.